The number of rotatable bonds is 2. The molecule has 2 bridgehead atoms. The van der Waals surface area contributed by atoms with Gasteiger partial charge in [0, 0.05) is 19.1 Å². The van der Waals surface area contributed by atoms with Crippen LogP contribution in [-0.4, -0.2) is 53.8 Å². The van der Waals surface area contributed by atoms with Gasteiger partial charge in [0.2, 0.25) is 5.91 Å². The van der Waals surface area contributed by atoms with E-state index in [2.05, 4.69) is 5.32 Å². The summed E-state index contributed by atoms with van der Waals surface area (Å²) in [5.41, 5.74) is -0.473. The molecule has 24 heavy (non-hydrogen) atoms. The summed E-state index contributed by atoms with van der Waals surface area (Å²) in [5.74, 6) is 0.159. The fraction of sp³-hybridized carbons (Fsp3) is 0.889. The van der Waals surface area contributed by atoms with E-state index in [9.17, 15) is 9.59 Å². The van der Waals surface area contributed by atoms with E-state index >= 15 is 0 Å². The van der Waals surface area contributed by atoms with Gasteiger partial charge >= 0.3 is 6.09 Å². The van der Waals surface area contributed by atoms with E-state index < -0.39 is 5.60 Å². The van der Waals surface area contributed by atoms with Crippen molar-refractivity contribution in [3.8, 4) is 0 Å². The molecular formula is C18H30N2O4. The third-order valence-corrected chi connectivity index (χ3v) is 5.17. The van der Waals surface area contributed by atoms with Gasteiger partial charge in [-0.05, 0) is 59.3 Å². The summed E-state index contributed by atoms with van der Waals surface area (Å²) in [6, 6.07) is 0.143. The number of carbonyl (C=O) groups is 2. The van der Waals surface area contributed by atoms with Gasteiger partial charge in [-0.25, -0.2) is 4.79 Å². The summed E-state index contributed by atoms with van der Waals surface area (Å²) in [5, 5.41) is 3.20. The molecule has 0 saturated carbocycles. The van der Waals surface area contributed by atoms with E-state index in [4.69, 9.17) is 9.47 Å². The number of carbonyl (C=O) groups excluding carboxylic acids is 2. The van der Waals surface area contributed by atoms with Crippen LogP contribution in [0.4, 0.5) is 4.79 Å². The molecule has 0 aliphatic carbocycles. The Labute approximate surface area is 144 Å². The molecule has 4 atom stereocenters. The van der Waals surface area contributed by atoms with Crippen molar-refractivity contribution in [3.63, 3.8) is 0 Å². The Balaban J connectivity index is 1.47. The number of fused-ring (bicyclic) bond motifs is 2. The lowest BCUT2D eigenvalue weighted by Crippen LogP contribution is -2.42. The van der Waals surface area contributed by atoms with Gasteiger partial charge in [0.25, 0.3) is 0 Å². The Morgan fingerprint density at radius 3 is 2.54 bits per heavy atom. The number of likely N-dealkylation sites (tertiary alicyclic amines) is 1. The maximum atomic E-state index is 12.5. The zero-order valence-corrected chi connectivity index (χ0v) is 15.0. The minimum absolute atomic E-state index is 0.0222. The Hall–Kier alpha value is -1.30. The van der Waals surface area contributed by atoms with Crippen molar-refractivity contribution in [2.24, 2.45) is 5.92 Å². The summed E-state index contributed by atoms with van der Waals surface area (Å²) in [4.78, 5) is 26.5. The highest BCUT2D eigenvalue weighted by Gasteiger charge is 2.44. The SMILES string of the molecule is CC(C)(C)OC(=O)N1CCC[C@@H](NC(=O)[C@H]2C[C@H]3CC[C@H]2O3)CC1. The molecule has 0 aromatic rings. The van der Waals surface area contributed by atoms with Crippen LogP contribution in [0.15, 0.2) is 0 Å². The highest BCUT2D eigenvalue weighted by atomic mass is 16.6. The number of nitrogens with zero attached hydrogens (tertiary/aromatic N) is 1. The molecule has 0 aromatic heterocycles. The first-order chi connectivity index (χ1) is 11.3. The molecule has 136 valence electrons. The zero-order valence-electron chi connectivity index (χ0n) is 15.0. The monoisotopic (exact) mass is 338 g/mol. The van der Waals surface area contributed by atoms with Crippen molar-refractivity contribution in [2.45, 2.75) is 83.1 Å². The molecule has 3 saturated heterocycles. The largest absolute Gasteiger partial charge is 0.444 e. The van der Waals surface area contributed by atoms with Gasteiger partial charge in [-0.1, -0.05) is 0 Å². The second-order valence-electron chi connectivity index (χ2n) is 8.32. The molecule has 6 nitrogen and oxygen atoms in total. The summed E-state index contributed by atoms with van der Waals surface area (Å²) in [6.45, 7) is 6.96. The van der Waals surface area contributed by atoms with Crippen molar-refractivity contribution in [3.05, 3.63) is 0 Å². The lowest BCUT2D eigenvalue weighted by atomic mass is 9.88. The van der Waals surface area contributed by atoms with Crippen molar-refractivity contribution in [2.75, 3.05) is 13.1 Å². The molecule has 6 heteroatoms. The van der Waals surface area contributed by atoms with Crippen LogP contribution in [0, 0.1) is 5.92 Å². The summed E-state index contributed by atoms with van der Waals surface area (Å²) in [6.07, 6.45) is 5.73. The van der Waals surface area contributed by atoms with E-state index in [1.165, 1.54) is 0 Å². The molecule has 0 aromatic carbocycles. The normalized spacial score (nSPS) is 33.2. The molecule has 3 aliphatic heterocycles. The fourth-order valence-corrected chi connectivity index (χ4v) is 3.97. The van der Waals surface area contributed by atoms with Gasteiger partial charge < -0.3 is 19.7 Å². The molecule has 3 rings (SSSR count). The van der Waals surface area contributed by atoms with Gasteiger partial charge in [-0.15, -0.1) is 0 Å². The van der Waals surface area contributed by atoms with E-state index in [1.54, 1.807) is 4.90 Å². The van der Waals surface area contributed by atoms with Gasteiger partial charge in [-0.2, -0.15) is 0 Å². The van der Waals surface area contributed by atoms with Gasteiger partial charge in [0.1, 0.15) is 5.60 Å². The zero-order chi connectivity index (χ0) is 17.3. The Kier molecular flexibility index (Phi) is 5.04. The lowest BCUT2D eigenvalue weighted by molar-refractivity contribution is -0.127. The van der Waals surface area contributed by atoms with Gasteiger partial charge in [-0.3, -0.25) is 4.79 Å². The minimum Gasteiger partial charge on any atom is -0.444 e. The minimum atomic E-state index is -0.473. The Morgan fingerprint density at radius 2 is 1.92 bits per heavy atom. The van der Waals surface area contributed by atoms with Crippen LogP contribution in [0.25, 0.3) is 0 Å². The standard InChI is InChI=1S/C18H30N2O4/c1-18(2,3)24-17(22)20-9-4-5-12(8-10-20)19-16(21)14-11-13-6-7-15(14)23-13/h12-15H,4-11H2,1-3H3,(H,19,21)/t12-,13-,14+,15-/m1/s1. The maximum Gasteiger partial charge on any atom is 0.410 e. The summed E-state index contributed by atoms with van der Waals surface area (Å²) in [7, 11) is 0. The van der Waals surface area contributed by atoms with Crippen LogP contribution >= 0.6 is 0 Å². The number of amides is 2. The number of nitrogens with one attached hydrogen (secondary N) is 1. The molecule has 3 fully saturated rings. The van der Waals surface area contributed by atoms with E-state index in [0.29, 0.717) is 19.2 Å². The van der Waals surface area contributed by atoms with Gasteiger partial charge in [0.15, 0.2) is 0 Å². The van der Waals surface area contributed by atoms with Crippen molar-refractivity contribution in [1.29, 1.82) is 0 Å². The average Bonchev–Trinajstić information content (AvgIpc) is 3.04. The fourth-order valence-electron chi connectivity index (χ4n) is 3.97. The van der Waals surface area contributed by atoms with Crippen molar-refractivity contribution in [1.82, 2.24) is 10.2 Å². The van der Waals surface area contributed by atoms with Crippen LogP contribution in [-0.2, 0) is 14.3 Å². The Morgan fingerprint density at radius 1 is 1.12 bits per heavy atom. The number of ether oxygens (including phenoxy) is 2. The predicted molar refractivity (Wildman–Crippen MR) is 89.6 cm³/mol. The van der Waals surface area contributed by atoms with E-state index in [-0.39, 0.29) is 30.1 Å². The summed E-state index contributed by atoms with van der Waals surface area (Å²) < 4.78 is 11.2. The summed E-state index contributed by atoms with van der Waals surface area (Å²) >= 11 is 0. The molecule has 0 radical (unpaired) electrons. The Bertz CT molecular complexity index is 488. The molecule has 2 amide bonds. The highest BCUT2D eigenvalue weighted by molar-refractivity contribution is 5.80. The topological polar surface area (TPSA) is 67.9 Å². The second-order valence-corrected chi connectivity index (χ2v) is 8.32. The predicted octanol–water partition coefficient (Wildman–Crippen LogP) is 2.46. The first kappa shape index (κ1) is 17.5. The van der Waals surface area contributed by atoms with Crippen LogP contribution in [0.2, 0.25) is 0 Å². The van der Waals surface area contributed by atoms with E-state index in [1.807, 2.05) is 20.8 Å². The maximum absolute atomic E-state index is 12.5. The first-order valence-electron chi connectivity index (χ1n) is 9.25. The second kappa shape index (κ2) is 6.90. The molecule has 3 aliphatic rings. The molecule has 1 N–H and O–H groups in total. The van der Waals surface area contributed by atoms with Crippen LogP contribution in [0.5, 0.6) is 0 Å². The average molecular weight is 338 g/mol. The lowest BCUT2D eigenvalue weighted by Gasteiger charge is -2.26. The molecular weight excluding hydrogens is 308 g/mol. The third-order valence-electron chi connectivity index (χ3n) is 5.17. The van der Waals surface area contributed by atoms with Crippen LogP contribution in [0.3, 0.4) is 0 Å². The highest BCUT2D eigenvalue weighted by Crippen LogP contribution is 2.38. The van der Waals surface area contributed by atoms with Crippen molar-refractivity contribution < 1.29 is 19.1 Å². The van der Waals surface area contributed by atoms with Crippen LogP contribution < -0.4 is 5.32 Å². The number of hydrogen-bond donors (Lipinski definition) is 1. The smallest absolute Gasteiger partial charge is 0.410 e. The third kappa shape index (κ3) is 4.21. The molecule has 0 spiro atoms. The number of hydrogen-bond acceptors (Lipinski definition) is 4. The van der Waals surface area contributed by atoms with Crippen molar-refractivity contribution >= 4 is 12.0 Å². The first-order valence-corrected chi connectivity index (χ1v) is 9.25. The van der Waals surface area contributed by atoms with Crippen LogP contribution in [0.1, 0.15) is 59.3 Å². The van der Waals surface area contributed by atoms with Gasteiger partial charge in [0.05, 0.1) is 18.1 Å². The van der Waals surface area contributed by atoms with E-state index in [0.717, 1.165) is 38.5 Å². The molecule has 3 heterocycles. The molecule has 0 unspecified atom stereocenters. The quantitative estimate of drug-likeness (QED) is 0.840.